The number of nitrogens with two attached hydrogens (primary N) is 1. The van der Waals surface area contributed by atoms with Gasteiger partial charge in [-0.2, -0.15) is 0 Å². The van der Waals surface area contributed by atoms with Gasteiger partial charge in [0.15, 0.2) is 5.82 Å². The van der Waals surface area contributed by atoms with Gasteiger partial charge in [0, 0.05) is 11.6 Å². The summed E-state index contributed by atoms with van der Waals surface area (Å²) >= 11 is 0. The van der Waals surface area contributed by atoms with E-state index < -0.39 is 0 Å². The summed E-state index contributed by atoms with van der Waals surface area (Å²) in [6, 6.07) is 4.66. The largest absolute Gasteiger partial charge is 0.324 e. The summed E-state index contributed by atoms with van der Waals surface area (Å²) in [5.41, 5.74) is 10.7. The van der Waals surface area contributed by atoms with Crippen molar-refractivity contribution >= 4 is 0 Å². The molecular weight excluding hydrogens is 236 g/mol. The summed E-state index contributed by atoms with van der Waals surface area (Å²) in [7, 11) is 0. The van der Waals surface area contributed by atoms with Crippen LogP contribution in [-0.4, -0.2) is 14.8 Å². The molecule has 0 saturated carbocycles. The van der Waals surface area contributed by atoms with E-state index in [1.165, 1.54) is 22.3 Å². The van der Waals surface area contributed by atoms with Gasteiger partial charge in [0.1, 0.15) is 5.82 Å². The van der Waals surface area contributed by atoms with Crippen molar-refractivity contribution in [2.45, 2.75) is 47.2 Å². The fourth-order valence-electron chi connectivity index (χ4n) is 2.71. The zero-order chi connectivity index (χ0) is 14.2. The number of aromatic nitrogens is 3. The maximum absolute atomic E-state index is 5.76. The molecule has 0 aliphatic carbocycles. The van der Waals surface area contributed by atoms with Gasteiger partial charge in [0.2, 0.25) is 0 Å². The van der Waals surface area contributed by atoms with Crippen LogP contribution in [0.1, 0.15) is 42.4 Å². The van der Waals surface area contributed by atoms with E-state index in [4.69, 9.17) is 5.73 Å². The van der Waals surface area contributed by atoms with Crippen molar-refractivity contribution < 1.29 is 0 Å². The first kappa shape index (κ1) is 13.7. The first-order valence-electron chi connectivity index (χ1n) is 6.67. The number of hydrogen-bond acceptors (Lipinski definition) is 3. The van der Waals surface area contributed by atoms with Crippen LogP contribution in [0.4, 0.5) is 0 Å². The Morgan fingerprint density at radius 1 is 1.11 bits per heavy atom. The Hall–Kier alpha value is -1.68. The molecule has 2 N–H and O–H groups in total. The normalized spacial score (nSPS) is 11.3. The molecule has 0 unspecified atom stereocenters. The minimum atomic E-state index is 0.295. The van der Waals surface area contributed by atoms with Crippen LogP contribution in [0, 0.1) is 20.8 Å². The molecule has 4 nitrogen and oxygen atoms in total. The monoisotopic (exact) mass is 258 g/mol. The summed E-state index contributed by atoms with van der Waals surface area (Å²) in [5.74, 6) is 1.76. The minimum absolute atomic E-state index is 0.295. The van der Waals surface area contributed by atoms with Gasteiger partial charge < -0.3 is 10.3 Å². The summed E-state index contributed by atoms with van der Waals surface area (Å²) in [4.78, 5) is 0. The third-order valence-electron chi connectivity index (χ3n) is 3.37. The lowest BCUT2D eigenvalue weighted by atomic mass is 9.99. The van der Waals surface area contributed by atoms with Crippen molar-refractivity contribution in [3.05, 3.63) is 34.6 Å². The summed E-state index contributed by atoms with van der Waals surface area (Å²) in [6.07, 6.45) is 0. The number of rotatable bonds is 3. The highest BCUT2D eigenvalue weighted by molar-refractivity contribution is 5.65. The molecule has 0 radical (unpaired) electrons. The minimum Gasteiger partial charge on any atom is -0.324 e. The van der Waals surface area contributed by atoms with Crippen molar-refractivity contribution in [2.24, 2.45) is 5.73 Å². The molecule has 4 heteroatoms. The molecule has 0 fully saturated rings. The molecule has 0 bridgehead atoms. The number of hydrogen-bond donors (Lipinski definition) is 1. The smallest absolute Gasteiger partial charge is 0.164 e. The second-order valence-corrected chi connectivity index (χ2v) is 5.38. The zero-order valence-electron chi connectivity index (χ0n) is 12.4. The van der Waals surface area contributed by atoms with Crippen molar-refractivity contribution in [2.75, 3.05) is 0 Å². The van der Waals surface area contributed by atoms with E-state index in [9.17, 15) is 0 Å². The van der Waals surface area contributed by atoms with Crippen molar-refractivity contribution in [1.29, 1.82) is 0 Å². The van der Waals surface area contributed by atoms with Crippen LogP contribution in [0.25, 0.3) is 11.4 Å². The van der Waals surface area contributed by atoms with Gasteiger partial charge in [0.05, 0.1) is 6.54 Å². The van der Waals surface area contributed by atoms with Gasteiger partial charge in [-0.1, -0.05) is 17.7 Å². The van der Waals surface area contributed by atoms with Crippen LogP contribution in [0.2, 0.25) is 0 Å². The highest BCUT2D eigenvalue weighted by atomic mass is 15.3. The number of aryl methyl sites for hydroxylation is 3. The molecule has 2 rings (SSSR count). The lowest BCUT2D eigenvalue weighted by Gasteiger charge is -2.16. The van der Waals surface area contributed by atoms with Crippen molar-refractivity contribution in [3.63, 3.8) is 0 Å². The van der Waals surface area contributed by atoms with E-state index in [2.05, 4.69) is 61.5 Å². The van der Waals surface area contributed by atoms with E-state index in [-0.39, 0.29) is 0 Å². The Kier molecular flexibility index (Phi) is 3.71. The summed E-state index contributed by atoms with van der Waals surface area (Å²) in [5, 5.41) is 8.59. The van der Waals surface area contributed by atoms with Crippen LogP contribution in [0.15, 0.2) is 12.1 Å². The maximum atomic E-state index is 5.76. The van der Waals surface area contributed by atoms with Crippen LogP contribution < -0.4 is 5.73 Å². The fraction of sp³-hybridized carbons (Fsp3) is 0.467. The van der Waals surface area contributed by atoms with Crippen LogP contribution in [0.3, 0.4) is 0 Å². The topological polar surface area (TPSA) is 56.7 Å². The van der Waals surface area contributed by atoms with E-state index >= 15 is 0 Å². The third-order valence-corrected chi connectivity index (χ3v) is 3.37. The molecule has 0 atom stereocenters. The molecule has 19 heavy (non-hydrogen) atoms. The average Bonchev–Trinajstić information content (AvgIpc) is 2.71. The molecule has 0 aliphatic rings. The van der Waals surface area contributed by atoms with Gasteiger partial charge in [-0.05, 0) is 45.7 Å². The Morgan fingerprint density at radius 3 is 2.16 bits per heavy atom. The zero-order valence-corrected chi connectivity index (χ0v) is 12.4. The molecule has 0 spiro atoms. The summed E-state index contributed by atoms with van der Waals surface area (Å²) in [6.45, 7) is 11.0. The SMILES string of the molecule is Cc1cc(C)c(-c2nnc(CN)n2C(C)C)c(C)c1. The quantitative estimate of drug-likeness (QED) is 0.921. The highest BCUT2D eigenvalue weighted by Crippen LogP contribution is 2.29. The van der Waals surface area contributed by atoms with Crippen molar-refractivity contribution in [3.8, 4) is 11.4 Å². The Bertz CT molecular complexity index is 573. The predicted octanol–water partition coefficient (Wildman–Crippen LogP) is 2.91. The van der Waals surface area contributed by atoms with E-state index in [0.717, 1.165) is 11.6 Å². The molecule has 1 heterocycles. The van der Waals surface area contributed by atoms with Gasteiger partial charge in [0.25, 0.3) is 0 Å². The predicted molar refractivity (Wildman–Crippen MR) is 77.9 cm³/mol. The molecule has 102 valence electrons. The van der Waals surface area contributed by atoms with E-state index in [1.807, 2.05) is 0 Å². The number of nitrogens with zero attached hydrogens (tertiary/aromatic N) is 3. The molecule has 0 amide bonds. The third kappa shape index (κ3) is 2.40. The Labute approximate surface area is 114 Å². The van der Waals surface area contributed by atoms with E-state index in [1.54, 1.807) is 0 Å². The molecular formula is C15H22N4. The molecule has 1 aromatic carbocycles. The standard InChI is InChI=1S/C15H22N4/c1-9(2)19-13(8-16)17-18-15(19)14-11(4)6-10(3)7-12(14)5/h6-7,9H,8,16H2,1-5H3. The lowest BCUT2D eigenvalue weighted by Crippen LogP contribution is -2.12. The summed E-state index contributed by atoms with van der Waals surface area (Å²) < 4.78 is 2.13. The Balaban J connectivity index is 2.69. The van der Waals surface area contributed by atoms with Crippen LogP contribution >= 0.6 is 0 Å². The number of benzene rings is 1. The molecule has 2 aromatic rings. The van der Waals surface area contributed by atoms with Gasteiger partial charge in [-0.15, -0.1) is 10.2 Å². The van der Waals surface area contributed by atoms with Crippen molar-refractivity contribution in [1.82, 2.24) is 14.8 Å². The van der Waals surface area contributed by atoms with Gasteiger partial charge in [-0.25, -0.2) is 0 Å². The molecule has 0 aliphatic heterocycles. The van der Waals surface area contributed by atoms with E-state index in [0.29, 0.717) is 12.6 Å². The second-order valence-electron chi connectivity index (χ2n) is 5.38. The van der Waals surface area contributed by atoms with Crippen LogP contribution in [-0.2, 0) is 6.54 Å². The lowest BCUT2D eigenvalue weighted by molar-refractivity contribution is 0.574. The first-order chi connectivity index (χ1) is 8.95. The highest BCUT2D eigenvalue weighted by Gasteiger charge is 2.18. The fourth-order valence-corrected chi connectivity index (χ4v) is 2.71. The first-order valence-corrected chi connectivity index (χ1v) is 6.67. The van der Waals surface area contributed by atoms with Gasteiger partial charge in [-0.3, -0.25) is 0 Å². The Morgan fingerprint density at radius 2 is 1.68 bits per heavy atom. The molecule has 1 aromatic heterocycles. The molecule has 0 saturated heterocycles. The second kappa shape index (κ2) is 5.13. The van der Waals surface area contributed by atoms with Crippen LogP contribution in [0.5, 0.6) is 0 Å². The maximum Gasteiger partial charge on any atom is 0.164 e. The average molecular weight is 258 g/mol. The van der Waals surface area contributed by atoms with Gasteiger partial charge >= 0.3 is 0 Å².